The summed E-state index contributed by atoms with van der Waals surface area (Å²) in [5.74, 6) is 0.798. The van der Waals surface area contributed by atoms with Crippen molar-refractivity contribution >= 4 is 17.7 Å². The Hall–Kier alpha value is -3.29. The molecule has 0 aromatic heterocycles. The molecule has 1 atom stereocenters. The van der Waals surface area contributed by atoms with E-state index in [1.807, 2.05) is 56.3 Å². The van der Waals surface area contributed by atoms with Gasteiger partial charge in [0.2, 0.25) is 0 Å². The molecule has 36 heavy (non-hydrogen) atoms. The van der Waals surface area contributed by atoms with E-state index in [1.54, 1.807) is 0 Å². The summed E-state index contributed by atoms with van der Waals surface area (Å²) >= 11 is 0. The molecule has 2 aromatic rings. The van der Waals surface area contributed by atoms with Crippen molar-refractivity contribution in [1.29, 1.82) is 0 Å². The van der Waals surface area contributed by atoms with E-state index in [2.05, 4.69) is 30.0 Å². The molecule has 2 aliphatic rings. The minimum absolute atomic E-state index is 0.302. The van der Waals surface area contributed by atoms with Crippen LogP contribution in [0, 0.1) is 0 Å². The van der Waals surface area contributed by atoms with Gasteiger partial charge in [-0.1, -0.05) is 31.5 Å². The van der Waals surface area contributed by atoms with Crippen molar-refractivity contribution < 1.29 is 24.2 Å². The SMILES string of the molecule is CCCCOC(C)Oc1ccc(-c2ccc3c(c2)C=C(C(=O)O)CCN3CC2=C(C)ON(C)C2)cc1. The van der Waals surface area contributed by atoms with Gasteiger partial charge in [0.05, 0.1) is 13.2 Å². The lowest BCUT2D eigenvalue weighted by molar-refractivity contribution is -0.132. The Morgan fingerprint density at radius 1 is 1.17 bits per heavy atom. The average Bonchev–Trinajstić information content (AvgIpc) is 3.06. The molecule has 1 unspecified atom stereocenters. The molecule has 2 aliphatic heterocycles. The van der Waals surface area contributed by atoms with E-state index in [1.165, 1.54) is 5.57 Å². The Kier molecular flexibility index (Phi) is 8.33. The number of nitrogens with zero attached hydrogens (tertiary/aromatic N) is 2. The highest BCUT2D eigenvalue weighted by Crippen LogP contribution is 2.34. The number of fused-ring (bicyclic) bond motifs is 1. The number of carboxylic acids is 1. The third-order valence-electron chi connectivity index (χ3n) is 6.55. The smallest absolute Gasteiger partial charge is 0.331 e. The van der Waals surface area contributed by atoms with Crippen LogP contribution in [0.2, 0.25) is 0 Å². The van der Waals surface area contributed by atoms with Crippen LogP contribution < -0.4 is 9.64 Å². The summed E-state index contributed by atoms with van der Waals surface area (Å²) in [5, 5.41) is 11.6. The third kappa shape index (κ3) is 6.28. The quantitative estimate of drug-likeness (QED) is 0.336. The molecule has 7 heteroatoms. The number of carboxylic acid groups (broad SMARTS) is 1. The fourth-order valence-corrected chi connectivity index (χ4v) is 4.55. The highest BCUT2D eigenvalue weighted by molar-refractivity contribution is 5.94. The van der Waals surface area contributed by atoms with E-state index in [0.717, 1.165) is 53.3 Å². The first-order chi connectivity index (χ1) is 17.3. The van der Waals surface area contributed by atoms with Crippen molar-refractivity contribution in [3.05, 3.63) is 64.9 Å². The standard InChI is InChI=1S/C29H36N2O5/c1-5-6-15-34-21(3)35-27-10-7-22(8-11-27)23-9-12-28-25(16-23)17-24(29(32)33)13-14-31(28)19-26-18-30(4)36-20(26)2/h7-12,16-17,21H,5-6,13-15,18-19H2,1-4H3,(H,32,33). The summed E-state index contributed by atoms with van der Waals surface area (Å²) in [7, 11) is 1.92. The number of rotatable bonds is 10. The number of ether oxygens (including phenoxy) is 2. The van der Waals surface area contributed by atoms with Gasteiger partial charge in [0.25, 0.3) is 0 Å². The molecule has 0 amide bonds. The fraction of sp³-hybridized carbons (Fsp3) is 0.414. The number of unbranched alkanes of at least 4 members (excludes halogenated alkanes) is 1. The van der Waals surface area contributed by atoms with Crippen molar-refractivity contribution in [3.63, 3.8) is 0 Å². The second-order valence-electron chi connectivity index (χ2n) is 9.39. The molecule has 1 N–H and O–H groups in total. The summed E-state index contributed by atoms with van der Waals surface area (Å²) in [4.78, 5) is 19.8. The number of benzene rings is 2. The fourth-order valence-electron chi connectivity index (χ4n) is 4.55. The maximum absolute atomic E-state index is 11.9. The van der Waals surface area contributed by atoms with E-state index in [-0.39, 0.29) is 6.29 Å². The Labute approximate surface area is 213 Å². The topological polar surface area (TPSA) is 71.5 Å². The molecule has 0 saturated heterocycles. The van der Waals surface area contributed by atoms with Gasteiger partial charge in [-0.05, 0) is 73.7 Å². The number of hydroxylamine groups is 2. The molecule has 2 heterocycles. The minimum atomic E-state index is -0.871. The van der Waals surface area contributed by atoms with Crippen LogP contribution in [0.3, 0.4) is 0 Å². The second-order valence-corrected chi connectivity index (χ2v) is 9.39. The summed E-state index contributed by atoms with van der Waals surface area (Å²) in [6.07, 6.45) is 4.10. The average molecular weight is 493 g/mol. The predicted octanol–water partition coefficient (Wildman–Crippen LogP) is 5.72. The van der Waals surface area contributed by atoms with Crippen molar-refractivity contribution in [2.45, 2.75) is 46.3 Å². The van der Waals surface area contributed by atoms with Crippen molar-refractivity contribution in [3.8, 4) is 16.9 Å². The zero-order chi connectivity index (χ0) is 25.7. The van der Waals surface area contributed by atoms with Gasteiger partial charge in [-0.2, -0.15) is 0 Å². The van der Waals surface area contributed by atoms with Crippen molar-refractivity contribution in [2.75, 3.05) is 38.2 Å². The van der Waals surface area contributed by atoms with E-state index in [9.17, 15) is 9.90 Å². The predicted molar refractivity (Wildman–Crippen MR) is 142 cm³/mol. The molecule has 0 fully saturated rings. The molecule has 192 valence electrons. The monoisotopic (exact) mass is 492 g/mol. The van der Waals surface area contributed by atoms with Gasteiger partial charge in [-0.3, -0.25) is 0 Å². The molecule has 0 aliphatic carbocycles. The molecule has 0 bridgehead atoms. The summed E-state index contributed by atoms with van der Waals surface area (Å²) in [6.45, 7) is 8.78. The van der Waals surface area contributed by atoms with Crippen LogP contribution in [0.5, 0.6) is 5.75 Å². The highest BCUT2D eigenvalue weighted by atomic mass is 16.7. The molecular weight excluding hydrogens is 456 g/mol. The molecule has 0 spiro atoms. The van der Waals surface area contributed by atoms with Crippen LogP contribution in [0.25, 0.3) is 17.2 Å². The third-order valence-corrected chi connectivity index (χ3v) is 6.55. The molecule has 0 radical (unpaired) electrons. The van der Waals surface area contributed by atoms with E-state index in [4.69, 9.17) is 14.3 Å². The van der Waals surface area contributed by atoms with Crippen LogP contribution in [0.15, 0.2) is 59.4 Å². The lowest BCUT2D eigenvalue weighted by Gasteiger charge is -2.26. The molecule has 2 aromatic carbocycles. The first-order valence-electron chi connectivity index (χ1n) is 12.6. The van der Waals surface area contributed by atoms with E-state index < -0.39 is 5.97 Å². The number of anilines is 1. The molecule has 7 nitrogen and oxygen atoms in total. The van der Waals surface area contributed by atoms with E-state index >= 15 is 0 Å². The zero-order valence-electron chi connectivity index (χ0n) is 21.6. The van der Waals surface area contributed by atoms with E-state index in [0.29, 0.717) is 31.7 Å². The maximum Gasteiger partial charge on any atom is 0.331 e. The van der Waals surface area contributed by atoms with Gasteiger partial charge in [0.1, 0.15) is 11.5 Å². The Morgan fingerprint density at radius 2 is 1.92 bits per heavy atom. The lowest BCUT2D eigenvalue weighted by atomic mass is 10.00. The Balaban J connectivity index is 1.56. The number of hydrogen-bond acceptors (Lipinski definition) is 6. The first kappa shape index (κ1) is 25.8. The van der Waals surface area contributed by atoms with Crippen LogP contribution in [-0.4, -0.2) is 55.7 Å². The number of hydrogen-bond donors (Lipinski definition) is 1. The van der Waals surface area contributed by atoms with Crippen LogP contribution in [-0.2, 0) is 14.4 Å². The van der Waals surface area contributed by atoms with Gasteiger partial charge in [0.15, 0.2) is 6.29 Å². The molecule has 4 rings (SSSR count). The molecular formula is C29H36N2O5. The minimum Gasteiger partial charge on any atom is -0.478 e. The van der Waals surface area contributed by atoms with Crippen molar-refractivity contribution in [1.82, 2.24) is 5.06 Å². The number of likely N-dealkylation sites (N-methyl/N-ethyl adjacent to an activating group) is 1. The van der Waals surface area contributed by atoms with Gasteiger partial charge >= 0.3 is 5.97 Å². The number of aliphatic carboxylic acids is 1. The van der Waals surface area contributed by atoms with Gasteiger partial charge in [0, 0.05) is 37.0 Å². The van der Waals surface area contributed by atoms with Crippen LogP contribution in [0.4, 0.5) is 5.69 Å². The summed E-state index contributed by atoms with van der Waals surface area (Å²) in [5.41, 5.74) is 5.62. The highest BCUT2D eigenvalue weighted by Gasteiger charge is 2.24. The maximum atomic E-state index is 11.9. The number of allylic oxidation sites excluding steroid dienone is 1. The van der Waals surface area contributed by atoms with Gasteiger partial charge in [-0.25, -0.2) is 4.79 Å². The van der Waals surface area contributed by atoms with Gasteiger partial charge < -0.3 is 24.3 Å². The summed E-state index contributed by atoms with van der Waals surface area (Å²) in [6, 6.07) is 14.2. The first-order valence-corrected chi connectivity index (χ1v) is 12.6. The summed E-state index contributed by atoms with van der Waals surface area (Å²) < 4.78 is 11.6. The second kappa shape index (κ2) is 11.6. The van der Waals surface area contributed by atoms with Crippen LogP contribution in [0.1, 0.15) is 45.6 Å². The van der Waals surface area contributed by atoms with Crippen LogP contribution >= 0.6 is 0 Å². The largest absolute Gasteiger partial charge is 0.478 e. The Morgan fingerprint density at radius 3 is 2.58 bits per heavy atom. The lowest BCUT2D eigenvalue weighted by Crippen LogP contribution is -2.29. The number of carbonyl (C=O) groups is 1. The Bertz CT molecular complexity index is 1140. The molecule has 0 saturated carbocycles. The zero-order valence-corrected chi connectivity index (χ0v) is 21.6. The van der Waals surface area contributed by atoms with Gasteiger partial charge in [-0.15, -0.1) is 5.06 Å². The van der Waals surface area contributed by atoms with Crippen molar-refractivity contribution in [2.24, 2.45) is 0 Å². The normalized spacial score (nSPS) is 16.8.